The molecule has 7 N–H and O–H groups in total. The molecule has 0 aliphatic carbocycles. The molecule has 6 heterocycles. The first-order valence-electron chi connectivity index (χ1n) is 15.8. The third kappa shape index (κ3) is 5.57. The van der Waals surface area contributed by atoms with Gasteiger partial charge in [0.25, 0.3) is 0 Å². The topological polar surface area (TPSA) is 196 Å². The highest BCUT2D eigenvalue weighted by Gasteiger charge is 2.27. The van der Waals surface area contributed by atoms with E-state index in [1.54, 1.807) is 0 Å². The first-order chi connectivity index (χ1) is 24.5. The molecule has 4 aromatic heterocycles. The van der Waals surface area contributed by atoms with Crippen LogP contribution in [-0.4, -0.2) is 35.2 Å². The van der Waals surface area contributed by atoms with E-state index < -0.39 is 6.09 Å². The number of fused-ring (bicyclic) bond motifs is 6. The minimum atomic E-state index is -0.509. The molecule has 250 valence electrons. The lowest BCUT2D eigenvalue weighted by molar-refractivity contribution is 0.132. The fourth-order valence-corrected chi connectivity index (χ4v) is 6.35. The molecule has 0 radical (unpaired) electrons. The average Bonchev–Trinajstić information content (AvgIpc) is 3.92. The van der Waals surface area contributed by atoms with Crippen LogP contribution in [0.1, 0.15) is 28.1 Å². The molecular formula is C36H32N10O4. The summed E-state index contributed by atoms with van der Waals surface area (Å²) in [7, 11) is 0. The van der Waals surface area contributed by atoms with E-state index in [0.717, 1.165) is 67.2 Å². The summed E-state index contributed by atoms with van der Waals surface area (Å²) in [5.41, 5.74) is 29.6. The largest absolute Gasteiger partial charge is 0.444 e. The highest BCUT2D eigenvalue weighted by atomic mass is 16.5. The number of carbonyl (C=O) groups is 1. The van der Waals surface area contributed by atoms with E-state index in [9.17, 15) is 4.79 Å². The number of nitrogens with two attached hydrogens (primary N) is 3. The molecule has 7 aromatic rings. The Morgan fingerprint density at radius 2 is 1.20 bits per heavy atom. The van der Waals surface area contributed by atoms with E-state index in [4.69, 9.17) is 31.4 Å². The maximum atomic E-state index is 12.1. The SMILES string of the molecule is Nc1ccc(-n2c3c(c4ncnc(N)c42)COC3)cc1.Nc1ncnc2c3c(n(-c4ccc(NC(=O)OCc5ccccc5)cc4)c12)COC3. The third-order valence-electron chi connectivity index (χ3n) is 8.66. The monoisotopic (exact) mass is 668 g/mol. The maximum Gasteiger partial charge on any atom is 0.411 e. The summed E-state index contributed by atoms with van der Waals surface area (Å²) in [5.74, 6) is 0.891. The van der Waals surface area contributed by atoms with Gasteiger partial charge in [0.2, 0.25) is 0 Å². The van der Waals surface area contributed by atoms with Gasteiger partial charge in [-0.15, -0.1) is 0 Å². The number of amides is 1. The van der Waals surface area contributed by atoms with Crippen molar-refractivity contribution in [1.29, 1.82) is 0 Å². The van der Waals surface area contributed by atoms with Crippen molar-refractivity contribution < 1.29 is 19.0 Å². The molecule has 14 nitrogen and oxygen atoms in total. The van der Waals surface area contributed by atoms with E-state index >= 15 is 0 Å². The summed E-state index contributed by atoms with van der Waals surface area (Å²) in [6, 6.07) is 24.6. The summed E-state index contributed by atoms with van der Waals surface area (Å²) >= 11 is 0. The Morgan fingerprint density at radius 1 is 0.680 bits per heavy atom. The summed E-state index contributed by atoms with van der Waals surface area (Å²) < 4.78 is 20.5. The zero-order chi connectivity index (χ0) is 34.2. The molecule has 0 fully saturated rings. The van der Waals surface area contributed by atoms with Crippen molar-refractivity contribution in [3.63, 3.8) is 0 Å². The second kappa shape index (κ2) is 12.8. The molecule has 0 unspecified atom stereocenters. The molecule has 2 aliphatic rings. The summed E-state index contributed by atoms with van der Waals surface area (Å²) in [5, 5.41) is 2.74. The molecule has 50 heavy (non-hydrogen) atoms. The molecule has 14 heteroatoms. The molecule has 9 rings (SSSR count). The molecule has 0 saturated heterocycles. The molecule has 2 aliphatic heterocycles. The van der Waals surface area contributed by atoms with Gasteiger partial charge < -0.3 is 40.5 Å². The van der Waals surface area contributed by atoms with Crippen molar-refractivity contribution in [2.24, 2.45) is 0 Å². The fraction of sp³-hybridized carbons (Fsp3) is 0.139. The molecule has 0 saturated carbocycles. The lowest BCUT2D eigenvalue weighted by Crippen LogP contribution is -2.13. The van der Waals surface area contributed by atoms with Crippen LogP contribution in [0.2, 0.25) is 0 Å². The van der Waals surface area contributed by atoms with Gasteiger partial charge in [0.15, 0.2) is 11.6 Å². The van der Waals surface area contributed by atoms with Gasteiger partial charge in [-0.25, -0.2) is 24.7 Å². The van der Waals surface area contributed by atoms with Crippen LogP contribution < -0.4 is 22.5 Å². The van der Waals surface area contributed by atoms with Gasteiger partial charge in [-0.05, 0) is 54.1 Å². The van der Waals surface area contributed by atoms with Gasteiger partial charge in [0.1, 0.15) is 41.3 Å². The lowest BCUT2D eigenvalue weighted by atomic mass is 10.2. The number of nitrogens with one attached hydrogen (secondary N) is 1. The standard InChI is InChI=1S/C22H19N5O3.C14H13N5O/c23-21-20-19(24-13-25-21)17-11-29-12-18(17)27(20)16-8-6-15(7-9-16)26-22(28)30-10-14-4-2-1-3-5-14;15-8-1-3-9(4-2-8)19-11-6-20-5-10(11)12-13(19)14(16)18-7-17-12/h1-9,13H,10-12H2,(H,26,28)(H2,23,24,25);1-4,7H,5-6,15H2,(H2,16,17,18). The third-order valence-corrected chi connectivity index (χ3v) is 8.66. The van der Waals surface area contributed by atoms with Crippen LogP contribution >= 0.6 is 0 Å². The van der Waals surface area contributed by atoms with Gasteiger partial charge in [-0.2, -0.15) is 0 Å². The normalized spacial score (nSPS) is 13.1. The Kier molecular flexibility index (Phi) is 7.91. The second-order valence-corrected chi connectivity index (χ2v) is 11.7. The quantitative estimate of drug-likeness (QED) is 0.172. The zero-order valence-corrected chi connectivity index (χ0v) is 26.7. The Morgan fingerprint density at radius 3 is 1.74 bits per heavy atom. The van der Waals surface area contributed by atoms with Crippen LogP contribution in [0, 0.1) is 0 Å². The van der Waals surface area contributed by atoms with Crippen LogP contribution in [-0.2, 0) is 47.2 Å². The number of anilines is 4. The van der Waals surface area contributed by atoms with Crippen LogP contribution in [0.25, 0.3) is 33.4 Å². The van der Waals surface area contributed by atoms with Gasteiger partial charge in [-0.1, -0.05) is 30.3 Å². The molecule has 0 atom stereocenters. The first-order valence-corrected chi connectivity index (χ1v) is 15.8. The number of nitrogens with zero attached hydrogens (tertiary/aromatic N) is 6. The molecule has 3 aromatic carbocycles. The van der Waals surface area contributed by atoms with E-state index in [1.807, 2.05) is 83.4 Å². The van der Waals surface area contributed by atoms with Crippen LogP contribution in [0.3, 0.4) is 0 Å². The Hall–Kier alpha value is -6.51. The Labute approximate surface area is 285 Å². The van der Waals surface area contributed by atoms with Crippen molar-refractivity contribution in [3.8, 4) is 11.4 Å². The smallest absolute Gasteiger partial charge is 0.411 e. The van der Waals surface area contributed by atoms with E-state index in [1.165, 1.54) is 12.7 Å². The maximum absolute atomic E-state index is 12.1. The molecule has 1 amide bonds. The van der Waals surface area contributed by atoms with Crippen LogP contribution in [0.15, 0.2) is 91.5 Å². The second-order valence-electron chi connectivity index (χ2n) is 11.7. The number of hydrogen-bond donors (Lipinski definition) is 4. The predicted octanol–water partition coefficient (Wildman–Crippen LogP) is 5.40. The Bertz CT molecular complexity index is 2350. The minimum absolute atomic E-state index is 0.214. The lowest BCUT2D eigenvalue weighted by Gasteiger charge is -2.12. The molecule has 0 spiro atoms. The minimum Gasteiger partial charge on any atom is -0.444 e. The van der Waals surface area contributed by atoms with Crippen molar-refractivity contribution >= 4 is 51.2 Å². The average molecular weight is 669 g/mol. The van der Waals surface area contributed by atoms with E-state index in [2.05, 4.69) is 29.8 Å². The predicted molar refractivity (Wildman–Crippen MR) is 188 cm³/mol. The summed E-state index contributed by atoms with van der Waals surface area (Å²) in [6.45, 7) is 2.31. The number of nitrogen functional groups attached to an aromatic ring is 3. The highest BCUT2D eigenvalue weighted by Crippen LogP contribution is 2.36. The van der Waals surface area contributed by atoms with Crippen molar-refractivity contribution in [1.82, 2.24) is 29.1 Å². The van der Waals surface area contributed by atoms with E-state index in [-0.39, 0.29) is 6.61 Å². The summed E-state index contributed by atoms with van der Waals surface area (Å²) in [4.78, 5) is 29.1. The van der Waals surface area contributed by atoms with Crippen molar-refractivity contribution in [2.45, 2.75) is 33.0 Å². The van der Waals surface area contributed by atoms with Crippen LogP contribution in [0.5, 0.6) is 0 Å². The molecule has 0 bridgehead atoms. The van der Waals surface area contributed by atoms with Crippen molar-refractivity contribution in [2.75, 3.05) is 22.5 Å². The summed E-state index contributed by atoms with van der Waals surface area (Å²) in [6.07, 6.45) is 2.45. The first kappa shape index (κ1) is 30.8. The number of benzene rings is 3. The number of carbonyl (C=O) groups excluding carboxylic acids is 1. The van der Waals surface area contributed by atoms with Crippen molar-refractivity contribution in [3.05, 3.63) is 120 Å². The number of rotatable bonds is 5. The number of ether oxygens (including phenoxy) is 3. The highest BCUT2D eigenvalue weighted by molar-refractivity contribution is 5.92. The number of aromatic nitrogens is 6. The van der Waals surface area contributed by atoms with Gasteiger partial charge in [-0.3, -0.25) is 5.32 Å². The fourth-order valence-electron chi connectivity index (χ4n) is 6.35. The Balaban J connectivity index is 0.000000156. The number of hydrogen-bond acceptors (Lipinski definition) is 11. The molecular weight excluding hydrogens is 636 g/mol. The van der Waals surface area contributed by atoms with Gasteiger partial charge in [0, 0.05) is 33.9 Å². The van der Waals surface area contributed by atoms with Crippen LogP contribution in [0.4, 0.5) is 27.8 Å². The zero-order valence-electron chi connectivity index (χ0n) is 26.7. The van der Waals surface area contributed by atoms with Gasteiger partial charge >= 0.3 is 6.09 Å². The van der Waals surface area contributed by atoms with E-state index in [0.29, 0.717) is 43.8 Å². The van der Waals surface area contributed by atoms with Gasteiger partial charge in [0.05, 0.1) is 37.8 Å².